The lowest BCUT2D eigenvalue weighted by Gasteiger charge is -2.35. The summed E-state index contributed by atoms with van der Waals surface area (Å²) in [5, 5.41) is 0.680. The lowest BCUT2D eigenvalue weighted by Crippen LogP contribution is -2.48. The third-order valence-corrected chi connectivity index (χ3v) is 9.22. The van der Waals surface area contributed by atoms with Crippen LogP contribution in [0.25, 0.3) is 0 Å². The summed E-state index contributed by atoms with van der Waals surface area (Å²) in [4.78, 5) is 16.6. The molecule has 9 heteroatoms. The summed E-state index contributed by atoms with van der Waals surface area (Å²) < 4.78 is 28.2. The molecule has 1 aromatic carbocycles. The van der Waals surface area contributed by atoms with Gasteiger partial charge in [-0.25, -0.2) is 8.42 Å². The van der Waals surface area contributed by atoms with E-state index in [0.717, 1.165) is 22.5 Å². The quantitative estimate of drug-likeness (QED) is 0.737. The van der Waals surface area contributed by atoms with Crippen molar-refractivity contribution in [2.45, 2.75) is 24.1 Å². The minimum Gasteiger partial charge on any atom is -0.368 e. The van der Waals surface area contributed by atoms with E-state index < -0.39 is 10.0 Å². The van der Waals surface area contributed by atoms with Crippen LogP contribution in [0.2, 0.25) is 5.02 Å². The molecule has 2 aliphatic rings. The van der Waals surface area contributed by atoms with E-state index in [1.165, 1.54) is 11.3 Å². The molecule has 2 aliphatic heterocycles. The maximum atomic E-state index is 13.1. The zero-order valence-corrected chi connectivity index (χ0v) is 18.0. The second-order valence-electron chi connectivity index (χ2n) is 7.05. The highest BCUT2D eigenvalue weighted by atomic mass is 35.5. The minimum atomic E-state index is -3.52. The lowest BCUT2D eigenvalue weighted by molar-refractivity contribution is -0.129. The van der Waals surface area contributed by atoms with Crippen molar-refractivity contribution in [2.24, 2.45) is 0 Å². The first-order valence-corrected chi connectivity index (χ1v) is 11.9. The number of amides is 1. The Kier molecular flexibility index (Phi) is 5.39. The van der Waals surface area contributed by atoms with Crippen LogP contribution in [0, 0.1) is 0 Å². The standard InChI is InChI=1S/C19H22ClN3O3S2/c1-14(24)22-7-6-18-15(13-22)12-19(27-18)28(25,26)23-10-8-21(9-11-23)17-5-3-2-4-16(17)20/h2-5,12H,6-11,13H2,1H3. The molecule has 1 amide bonds. The molecular formula is C19H22ClN3O3S2. The molecule has 28 heavy (non-hydrogen) atoms. The van der Waals surface area contributed by atoms with Crippen LogP contribution in [0.3, 0.4) is 0 Å². The molecule has 0 aliphatic carbocycles. The topological polar surface area (TPSA) is 60.9 Å². The van der Waals surface area contributed by atoms with Crippen molar-refractivity contribution in [3.63, 3.8) is 0 Å². The first-order chi connectivity index (χ1) is 13.4. The van der Waals surface area contributed by atoms with Gasteiger partial charge in [0, 0.05) is 51.1 Å². The average Bonchev–Trinajstić information content (AvgIpc) is 3.13. The zero-order chi connectivity index (χ0) is 19.9. The Bertz CT molecular complexity index is 998. The number of anilines is 1. The molecule has 0 saturated carbocycles. The van der Waals surface area contributed by atoms with Crippen molar-refractivity contribution < 1.29 is 13.2 Å². The number of sulfonamides is 1. The van der Waals surface area contributed by atoms with Gasteiger partial charge in [0.05, 0.1) is 10.7 Å². The Hall–Kier alpha value is -1.61. The number of rotatable bonds is 3. The third-order valence-electron chi connectivity index (χ3n) is 5.32. The molecular weight excluding hydrogens is 418 g/mol. The van der Waals surface area contributed by atoms with Gasteiger partial charge in [0.15, 0.2) is 0 Å². The van der Waals surface area contributed by atoms with Crippen molar-refractivity contribution in [3.8, 4) is 0 Å². The van der Waals surface area contributed by atoms with E-state index in [9.17, 15) is 13.2 Å². The number of carbonyl (C=O) groups excluding carboxylic acids is 1. The molecule has 2 aromatic rings. The fraction of sp³-hybridized carbons (Fsp3) is 0.421. The summed E-state index contributed by atoms with van der Waals surface area (Å²) in [5.41, 5.74) is 1.90. The van der Waals surface area contributed by atoms with Crippen LogP contribution in [0.1, 0.15) is 17.4 Å². The minimum absolute atomic E-state index is 0.0250. The predicted molar refractivity (Wildman–Crippen MR) is 112 cm³/mol. The summed E-state index contributed by atoms with van der Waals surface area (Å²) in [7, 11) is -3.52. The normalized spacial score (nSPS) is 18.2. The van der Waals surface area contributed by atoms with Crippen LogP contribution >= 0.6 is 22.9 Å². The number of nitrogens with zero attached hydrogens (tertiary/aromatic N) is 3. The maximum absolute atomic E-state index is 13.1. The van der Waals surface area contributed by atoms with Crippen LogP contribution in [0.15, 0.2) is 34.5 Å². The van der Waals surface area contributed by atoms with Crippen molar-refractivity contribution in [2.75, 3.05) is 37.6 Å². The van der Waals surface area contributed by atoms with Gasteiger partial charge >= 0.3 is 0 Å². The molecule has 6 nitrogen and oxygen atoms in total. The second-order valence-corrected chi connectivity index (χ2v) is 10.8. The molecule has 1 fully saturated rings. The molecule has 150 valence electrons. The number of fused-ring (bicyclic) bond motifs is 1. The van der Waals surface area contributed by atoms with Gasteiger partial charge in [-0.15, -0.1) is 11.3 Å². The van der Waals surface area contributed by atoms with Gasteiger partial charge in [0.2, 0.25) is 5.91 Å². The number of hydrogen-bond acceptors (Lipinski definition) is 5. The number of para-hydroxylation sites is 1. The molecule has 4 rings (SSSR count). The Morgan fingerprint density at radius 1 is 1.11 bits per heavy atom. The highest BCUT2D eigenvalue weighted by Crippen LogP contribution is 2.33. The van der Waals surface area contributed by atoms with Gasteiger partial charge < -0.3 is 9.80 Å². The highest BCUT2D eigenvalue weighted by Gasteiger charge is 2.32. The summed E-state index contributed by atoms with van der Waals surface area (Å²) in [6.45, 7) is 4.76. The Morgan fingerprint density at radius 3 is 2.50 bits per heavy atom. The summed E-state index contributed by atoms with van der Waals surface area (Å²) in [6.07, 6.45) is 0.718. The van der Waals surface area contributed by atoms with Crippen LogP contribution in [0.4, 0.5) is 5.69 Å². The van der Waals surface area contributed by atoms with E-state index in [4.69, 9.17) is 11.6 Å². The molecule has 0 bridgehead atoms. The van der Waals surface area contributed by atoms with Gasteiger partial charge in [0.1, 0.15) is 4.21 Å². The molecule has 0 N–H and O–H groups in total. The van der Waals surface area contributed by atoms with Crippen LogP contribution in [-0.4, -0.2) is 56.3 Å². The highest BCUT2D eigenvalue weighted by molar-refractivity contribution is 7.91. The van der Waals surface area contributed by atoms with E-state index in [0.29, 0.717) is 48.5 Å². The number of hydrogen-bond donors (Lipinski definition) is 0. The third kappa shape index (κ3) is 3.66. The zero-order valence-electron chi connectivity index (χ0n) is 15.6. The van der Waals surface area contributed by atoms with Crippen molar-refractivity contribution in [1.82, 2.24) is 9.21 Å². The predicted octanol–water partition coefficient (Wildman–Crippen LogP) is 2.82. The lowest BCUT2D eigenvalue weighted by atomic mass is 10.1. The SMILES string of the molecule is CC(=O)N1CCc2sc(S(=O)(=O)N3CCN(c4ccccc4Cl)CC3)cc2C1. The van der Waals surface area contributed by atoms with Gasteiger partial charge in [0.25, 0.3) is 10.0 Å². The first-order valence-electron chi connectivity index (χ1n) is 9.23. The number of piperazine rings is 1. The maximum Gasteiger partial charge on any atom is 0.252 e. The van der Waals surface area contributed by atoms with E-state index in [1.807, 2.05) is 24.3 Å². The molecule has 0 atom stereocenters. The summed E-state index contributed by atoms with van der Waals surface area (Å²) in [5.74, 6) is 0.0250. The Morgan fingerprint density at radius 2 is 1.82 bits per heavy atom. The van der Waals surface area contributed by atoms with Crippen molar-refractivity contribution in [3.05, 3.63) is 45.8 Å². The van der Waals surface area contributed by atoms with Gasteiger partial charge in [-0.2, -0.15) is 4.31 Å². The molecule has 0 spiro atoms. The summed E-state index contributed by atoms with van der Waals surface area (Å²) in [6, 6.07) is 9.38. The molecule has 1 saturated heterocycles. The number of benzene rings is 1. The monoisotopic (exact) mass is 439 g/mol. The van der Waals surface area contributed by atoms with E-state index >= 15 is 0 Å². The number of carbonyl (C=O) groups is 1. The van der Waals surface area contributed by atoms with E-state index in [1.54, 1.807) is 22.2 Å². The van der Waals surface area contributed by atoms with Crippen LogP contribution in [0.5, 0.6) is 0 Å². The fourth-order valence-corrected chi connectivity index (χ4v) is 7.08. The molecule has 0 radical (unpaired) electrons. The Balaban J connectivity index is 1.48. The van der Waals surface area contributed by atoms with Gasteiger partial charge in [-0.3, -0.25) is 4.79 Å². The van der Waals surface area contributed by atoms with Gasteiger partial charge in [-0.05, 0) is 30.2 Å². The Labute approximate surface area is 174 Å². The average molecular weight is 440 g/mol. The number of halogens is 1. The number of thiophene rings is 1. The van der Waals surface area contributed by atoms with Gasteiger partial charge in [-0.1, -0.05) is 23.7 Å². The van der Waals surface area contributed by atoms with E-state index in [-0.39, 0.29) is 5.91 Å². The molecule has 3 heterocycles. The fourth-order valence-electron chi connectivity index (χ4n) is 3.71. The van der Waals surface area contributed by atoms with Crippen molar-refractivity contribution >= 4 is 44.6 Å². The molecule has 1 aromatic heterocycles. The van der Waals surface area contributed by atoms with E-state index in [2.05, 4.69) is 4.90 Å². The molecule has 0 unspecified atom stereocenters. The summed E-state index contributed by atoms with van der Waals surface area (Å²) >= 11 is 7.62. The largest absolute Gasteiger partial charge is 0.368 e. The smallest absolute Gasteiger partial charge is 0.252 e. The second kappa shape index (κ2) is 7.67. The van der Waals surface area contributed by atoms with Crippen LogP contribution in [-0.2, 0) is 27.8 Å². The van der Waals surface area contributed by atoms with Crippen molar-refractivity contribution in [1.29, 1.82) is 0 Å². The van der Waals surface area contributed by atoms with Crippen LogP contribution < -0.4 is 4.90 Å². The first kappa shape index (κ1) is 19.7.